The van der Waals surface area contributed by atoms with Crippen molar-refractivity contribution in [2.45, 2.75) is 130 Å². The largest absolute Gasteiger partial charge is 0.353 e. The summed E-state index contributed by atoms with van der Waals surface area (Å²) in [7, 11) is 0. The average Bonchev–Trinajstić information content (AvgIpc) is 3.33. The summed E-state index contributed by atoms with van der Waals surface area (Å²) in [4.78, 5) is 11.5. The maximum Gasteiger partial charge on any atom is 0.157 e. The minimum atomic E-state index is 0.0562. The predicted molar refractivity (Wildman–Crippen MR) is 151 cm³/mol. The van der Waals surface area contributed by atoms with E-state index < -0.39 is 0 Å². The highest BCUT2D eigenvalue weighted by atomic mass is 16.7. The third-order valence-electron chi connectivity index (χ3n) is 13.1. The molecule has 4 heteroatoms. The van der Waals surface area contributed by atoms with Crippen LogP contribution in [0, 0.1) is 56.7 Å². The molecule has 0 aromatic carbocycles. The Morgan fingerprint density at radius 2 is 1.62 bits per heavy atom. The number of allylic oxidation sites excluding steroid dienone is 1. The smallest absolute Gasteiger partial charge is 0.157 e. The van der Waals surface area contributed by atoms with Crippen LogP contribution >= 0.6 is 0 Å². The van der Waals surface area contributed by atoms with Crippen molar-refractivity contribution < 1.29 is 9.47 Å². The number of hydrogen-bond donors (Lipinski definition) is 0. The highest BCUT2D eigenvalue weighted by Crippen LogP contribution is 2.71. The molecule has 6 aliphatic rings. The molecule has 1 heterocycles. The van der Waals surface area contributed by atoms with E-state index in [1.165, 1.54) is 77.0 Å². The maximum absolute atomic E-state index is 11.5. The minimum absolute atomic E-state index is 0.0562. The summed E-state index contributed by atoms with van der Waals surface area (Å²) in [5.41, 5.74) is 1.32. The van der Waals surface area contributed by atoms with E-state index in [0.29, 0.717) is 28.1 Å². The van der Waals surface area contributed by atoms with Crippen molar-refractivity contribution >= 4 is 0 Å². The van der Waals surface area contributed by atoms with Crippen LogP contribution in [0.3, 0.4) is 0 Å². The Bertz CT molecular complexity index is 809. The fourth-order valence-corrected chi connectivity index (χ4v) is 11.5. The number of ether oxygens (including phenoxy) is 2. The molecule has 0 radical (unpaired) electrons. The van der Waals surface area contributed by atoms with Crippen molar-refractivity contribution in [3.05, 3.63) is 17.6 Å². The number of hydrogen-bond acceptors (Lipinski definition) is 4. The van der Waals surface area contributed by atoms with Crippen LogP contribution in [0.25, 0.3) is 0 Å². The minimum Gasteiger partial charge on any atom is -0.353 e. The molecule has 37 heavy (non-hydrogen) atoms. The third kappa shape index (κ3) is 4.68. The summed E-state index contributed by atoms with van der Waals surface area (Å²) in [5.74, 6) is 4.65. The van der Waals surface area contributed by atoms with Crippen LogP contribution in [0.1, 0.15) is 118 Å². The molecule has 0 aromatic heterocycles. The molecule has 4 nitrogen and oxygen atoms in total. The van der Waals surface area contributed by atoms with Crippen molar-refractivity contribution in [2.24, 2.45) is 56.9 Å². The van der Waals surface area contributed by atoms with E-state index in [1.54, 1.807) is 6.08 Å². The predicted octanol–water partition coefficient (Wildman–Crippen LogP) is 8.93. The molecular formula is C33H55NO3. The Hall–Kier alpha value is -0.740. The molecular weight excluding hydrogens is 458 g/mol. The van der Waals surface area contributed by atoms with Crippen molar-refractivity contribution in [3.8, 4) is 0 Å². The van der Waals surface area contributed by atoms with E-state index in [1.807, 2.05) is 6.92 Å². The molecule has 5 saturated carbocycles. The second-order valence-electron chi connectivity index (χ2n) is 14.5. The lowest BCUT2D eigenvalue weighted by molar-refractivity contribution is -0.210. The summed E-state index contributed by atoms with van der Waals surface area (Å²) >= 11 is 0. The van der Waals surface area contributed by atoms with Gasteiger partial charge in [0, 0.05) is 6.61 Å². The summed E-state index contributed by atoms with van der Waals surface area (Å²) in [5, 5.41) is 3.56. The molecule has 0 aromatic rings. The summed E-state index contributed by atoms with van der Waals surface area (Å²) < 4.78 is 12.4. The number of nitroso groups, excluding NO2 is 1. The highest BCUT2D eigenvalue weighted by Gasteiger charge is 2.64. The fourth-order valence-electron chi connectivity index (χ4n) is 11.5. The maximum atomic E-state index is 11.5. The Balaban J connectivity index is 0.000000892. The van der Waals surface area contributed by atoms with Gasteiger partial charge in [-0.05, 0) is 142 Å². The van der Waals surface area contributed by atoms with E-state index in [-0.39, 0.29) is 12.3 Å². The van der Waals surface area contributed by atoms with Gasteiger partial charge in [0.2, 0.25) is 0 Å². The standard InChI is InChI=1S/C30H49NO3.C3H6/c1-20-22-11-15-29(3)23-12-17-30(19-34-27-8-4-5-18-33-27)14-6-7-24(30)21(23)9-10-26(29)28(22,2)16-13-25(20)31-32;1-3-2/h20-27H,4-19H2,1-3H3;3H,1H2,2H3. The van der Waals surface area contributed by atoms with Crippen molar-refractivity contribution in [1.29, 1.82) is 0 Å². The van der Waals surface area contributed by atoms with Crippen LogP contribution in [-0.4, -0.2) is 25.5 Å². The molecule has 5 aliphatic carbocycles. The molecule has 6 rings (SSSR count). The van der Waals surface area contributed by atoms with Crippen LogP contribution in [0.15, 0.2) is 17.8 Å². The zero-order valence-electron chi connectivity index (χ0n) is 24.4. The van der Waals surface area contributed by atoms with Gasteiger partial charge in [0.05, 0.1) is 12.6 Å². The van der Waals surface area contributed by atoms with Crippen LogP contribution in [0.2, 0.25) is 0 Å². The zero-order valence-corrected chi connectivity index (χ0v) is 24.4. The molecule has 11 atom stereocenters. The second kappa shape index (κ2) is 11.0. The third-order valence-corrected chi connectivity index (χ3v) is 13.1. The molecule has 0 bridgehead atoms. The molecule has 1 aliphatic heterocycles. The average molecular weight is 514 g/mol. The molecule has 0 amide bonds. The topological polar surface area (TPSA) is 47.9 Å². The van der Waals surface area contributed by atoms with Crippen molar-refractivity contribution in [2.75, 3.05) is 13.2 Å². The lowest BCUT2D eigenvalue weighted by Crippen LogP contribution is -2.61. The SMILES string of the molecule is C=CC.CC1C(N=O)CCC2(C)C1CCC1(C)C3CCC4(COC5CCCCO5)CCCC4C3CCC21. The summed E-state index contributed by atoms with van der Waals surface area (Å²) in [6, 6.07) is 0.0562. The zero-order chi connectivity index (χ0) is 26.3. The van der Waals surface area contributed by atoms with Gasteiger partial charge in [-0.15, -0.1) is 6.58 Å². The van der Waals surface area contributed by atoms with Gasteiger partial charge in [-0.2, -0.15) is 4.91 Å². The van der Waals surface area contributed by atoms with Gasteiger partial charge >= 0.3 is 0 Å². The van der Waals surface area contributed by atoms with Gasteiger partial charge in [-0.1, -0.05) is 38.4 Å². The Morgan fingerprint density at radius 1 is 0.892 bits per heavy atom. The first-order valence-corrected chi connectivity index (χ1v) is 16.0. The first-order chi connectivity index (χ1) is 17.8. The van der Waals surface area contributed by atoms with E-state index in [2.05, 4.69) is 32.5 Å². The monoisotopic (exact) mass is 513 g/mol. The van der Waals surface area contributed by atoms with Gasteiger partial charge in [0.1, 0.15) is 0 Å². The van der Waals surface area contributed by atoms with Crippen LogP contribution < -0.4 is 0 Å². The van der Waals surface area contributed by atoms with Crippen LogP contribution in [-0.2, 0) is 9.47 Å². The lowest BCUT2D eigenvalue weighted by atomic mass is 9.37. The van der Waals surface area contributed by atoms with Crippen LogP contribution in [0.5, 0.6) is 0 Å². The second-order valence-corrected chi connectivity index (χ2v) is 14.5. The molecule has 1 saturated heterocycles. The molecule has 0 N–H and O–H groups in total. The Labute approximate surface area is 227 Å². The van der Waals surface area contributed by atoms with Gasteiger partial charge in [0.15, 0.2) is 6.29 Å². The number of rotatable bonds is 4. The van der Waals surface area contributed by atoms with E-state index in [0.717, 1.165) is 49.7 Å². The van der Waals surface area contributed by atoms with E-state index in [4.69, 9.17) is 9.47 Å². The Kier molecular flexibility index (Phi) is 8.29. The summed E-state index contributed by atoms with van der Waals surface area (Å²) in [6.07, 6.45) is 20.1. The lowest BCUT2D eigenvalue weighted by Gasteiger charge is -2.67. The van der Waals surface area contributed by atoms with E-state index in [9.17, 15) is 4.91 Å². The first kappa shape index (κ1) is 27.8. The van der Waals surface area contributed by atoms with Gasteiger partial charge < -0.3 is 9.47 Å². The fraction of sp³-hybridized carbons (Fsp3) is 0.939. The summed E-state index contributed by atoms with van der Waals surface area (Å²) in [6.45, 7) is 14.7. The van der Waals surface area contributed by atoms with Gasteiger partial charge in [0.25, 0.3) is 0 Å². The quantitative estimate of drug-likeness (QED) is 0.278. The number of fused-ring (bicyclic) bond motifs is 7. The Morgan fingerprint density at radius 3 is 2.35 bits per heavy atom. The molecule has 0 spiro atoms. The molecule has 210 valence electrons. The van der Waals surface area contributed by atoms with Crippen molar-refractivity contribution in [1.82, 2.24) is 0 Å². The van der Waals surface area contributed by atoms with Crippen LogP contribution in [0.4, 0.5) is 0 Å². The normalized spacial score (nSPS) is 50.8. The molecule has 11 unspecified atom stereocenters. The highest BCUT2D eigenvalue weighted by molar-refractivity contribution is 5.14. The number of nitrogens with zero attached hydrogens (tertiary/aromatic N) is 1. The van der Waals surface area contributed by atoms with E-state index >= 15 is 0 Å². The first-order valence-electron chi connectivity index (χ1n) is 16.0. The van der Waals surface area contributed by atoms with Gasteiger partial charge in [-0.3, -0.25) is 0 Å². The molecule has 6 fully saturated rings. The van der Waals surface area contributed by atoms with Crippen molar-refractivity contribution in [3.63, 3.8) is 0 Å². The van der Waals surface area contributed by atoms with Gasteiger partial charge in [-0.25, -0.2) is 0 Å².